The van der Waals surface area contributed by atoms with Gasteiger partial charge in [0.1, 0.15) is 0 Å². The second kappa shape index (κ2) is 7.24. The van der Waals surface area contributed by atoms with Crippen LogP contribution in [0.1, 0.15) is 18.1 Å². The summed E-state index contributed by atoms with van der Waals surface area (Å²) in [7, 11) is 0. The number of hydrogen-bond donors (Lipinski definition) is 1. The molecule has 0 aromatic heterocycles. The summed E-state index contributed by atoms with van der Waals surface area (Å²) in [6, 6.07) is 26.5. The molecule has 0 aliphatic heterocycles. The molecule has 1 atom stereocenters. The summed E-state index contributed by atoms with van der Waals surface area (Å²) < 4.78 is 0. The Morgan fingerprint density at radius 1 is 0.773 bits per heavy atom. The Balaban J connectivity index is 1.53. The van der Waals surface area contributed by atoms with Crippen LogP contribution in [0.3, 0.4) is 0 Å². The first-order valence-electron chi connectivity index (χ1n) is 8.06. The SMILES string of the molecule is CC(Cc1ccc2ccccc2c1)NCCc1ccccc1. The van der Waals surface area contributed by atoms with E-state index in [4.69, 9.17) is 0 Å². The maximum absolute atomic E-state index is 3.63. The van der Waals surface area contributed by atoms with E-state index < -0.39 is 0 Å². The predicted molar refractivity (Wildman–Crippen MR) is 95.3 cm³/mol. The van der Waals surface area contributed by atoms with Crippen molar-refractivity contribution in [1.82, 2.24) is 5.32 Å². The lowest BCUT2D eigenvalue weighted by molar-refractivity contribution is 0.548. The van der Waals surface area contributed by atoms with Gasteiger partial charge in [0.2, 0.25) is 0 Å². The van der Waals surface area contributed by atoms with Gasteiger partial charge in [-0.2, -0.15) is 0 Å². The van der Waals surface area contributed by atoms with Crippen LogP contribution in [-0.4, -0.2) is 12.6 Å². The summed E-state index contributed by atoms with van der Waals surface area (Å²) in [6.45, 7) is 3.29. The molecule has 1 heteroatoms. The zero-order valence-corrected chi connectivity index (χ0v) is 13.1. The molecule has 0 saturated carbocycles. The highest BCUT2D eigenvalue weighted by molar-refractivity contribution is 5.82. The largest absolute Gasteiger partial charge is 0.314 e. The third-order valence-corrected chi connectivity index (χ3v) is 4.11. The highest BCUT2D eigenvalue weighted by Crippen LogP contribution is 2.16. The van der Waals surface area contributed by atoms with E-state index in [2.05, 4.69) is 85.0 Å². The van der Waals surface area contributed by atoms with Crippen molar-refractivity contribution in [3.8, 4) is 0 Å². The molecule has 1 unspecified atom stereocenters. The maximum atomic E-state index is 3.63. The molecule has 3 aromatic carbocycles. The van der Waals surface area contributed by atoms with E-state index in [0.29, 0.717) is 6.04 Å². The third-order valence-electron chi connectivity index (χ3n) is 4.11. The van der Waals surface area contributed by atoms with E-state index in [9.17, 15) is 0 Å². The summed E-state index contributed by atoms with van der Waals surface area (Å²) >= 11 is 0. The first kappa shape index (κ1) is 14.8. The minimum absolute atomic E-state index is 0.491. The van der Waals surface area contributed by atoms with Crippen LogP contribution in [0.4, 0.5) is 0 Å². The van der Waals surface area contributed by atoms with E-state index >= 15 is 0 Å². The first-order chi connectivity index (χ1) is 10.8. The van der Waals surface area contributed by atoms with Gasteiger partial charge >= 0.3 is 0 Å². The fourth-order valence-corrected chi connectivity index (χ4v) is 2.90. The quantitative estimate of drug-likeness (QED) is 0.699. The van der Waals surface area contributed by atoms with Crippen LogP contribution in [0.15, 0.2) is 72.8 Å². The molecule has 3 aromatic rings. The average molecular weight is 289 g/mol. The van der Waals surface area contributed by atoms with Gasteiger partial charge in [0, 0.05) is 6.04 Å². The van der Waals surface area contributed by atoms with Gasteiger partial charge in [0.15, 0.2) is 0 Å². The molecule has 112 valence electrons. The summed E-state index contributed by atoms with van der Waals surface area (Å²) in [5, 5.41) is 6.27. The number of nitrogens with one attached hydrogen (secondary N) is 1. The van der Waals surface area contributed by atoms with Crippen LogP contribution >= 0.6 is 0 Å². The van der Waals surface area contributed by atoms with Crippen LogP contribution in [0.2, 0.25) is 0 Å². The van der Waals surface area contributed by atoms with Crippen molar-refractivity contribution in [1.29, 1.82) is 0 Å². The van der Waals surface area contributed by atoms with Crippen molar-refractivity contribution in [2.45, 2.75) is 25.8 Å². The van der Waals surface area contributed by atoms with Gasteiger partial charge in [-0.25, -0.2) is 0 Å². The molecule has 0 aliphatic carbocycles. The van der Waals surface area contributed by atoms with Gasteiger partial charge in [-0.3, -0.25) is 0 Å². The smallest absolute Gasteiger partial charge is 0.00792 e. The molecule has 0 saturated heterocycles. The molecular formula is C21H23N. The lowest BCUT2D eigenvalue weighted by Crippen LogP contribution is -2.29. The zero-order chi connectivity index (χ0) is 15.2. The van der Waals surface area contributed by atoms with E-state index in [1.165, 1.54) is 21.9 Å². The second-order valence-corrected chi connectivity index (χ2v) is 5.98. The molecule has 0 aliphatic rings. The topological polar surface area (TPSA) is 12.0 Å². The van der Waals surface area contributed by atoms with Crippen molar-refractivity contribution in [2.24, 2.45) is 0 Å². The van der Waals surface area contributed by atoms with Crippen LogP contribution in [0.5, 0.6) is 0 Å². The van der Waals surface area contributed by atoms with E-state index in [-0.39, 0.29) is 0 Å². The zero-order valence-electron chi connectivity index (χ0n) is 13.1. The lowest BCUT2D eigenvalue weighted by Gasteiger charge is -2.14. The molecule has 0 fully saturated rings. The number of fused-ring (bicyclic) bond motifs is 1. The van der Waals surface area contributed by atoms with Gasteiger partial charge in [-0.15, -0.1) is 0 Å². The number of hydrogen-bond acceptors (Lipinski definition) is 1. The third kappa shape index (κ3) is 3.96. The Morgan fingerprint density at radius 3 is 2.32 bits per heavy atom. The van der Waals surface area contributed by atoms with Gasteiger partial charge in [0.25, 0.3) is 0 Å². The fraction of sp³-hybridized carbons (Fsp3) is 0.238. The van der Waals surface area contributed by atoms with Crippen molar-refractivity contribution >= 4 is 10.8 Å². The highest BCUT2D eigenvalue weighted by atomic mass is 14.9. The van der Waals surface area contributed by atoms with Crippen molar-refractivity contribution in [2.75, 3.05) is 6.54 Å². The monoisotopic (exact) mass is 289 g/mol. The summed E-state index contributed by atoms with van der Waals surface area (Å²) in [5.74, 6) is 0. The van der Waals surface area contributed by atoms with Crippen molar-refractivity contribution < 1.29 is 0 Å². The Bertz CT molecular complexity index is 718. The lowest BCUT2D eigenvalue weighted by atomic mass is 10.0. The van der Waals surface area contributed by atoms with Crippen LogP contribution in [0, 0.1) is 0 Å². The van der Waals surface area contributed by atoms with Crippen molar-refractivity contribution in [3.63, 3.8) is 0 Å². The Labute approximate surface area is 133 Å². The molecular weight excluding hydrogens is 266 g/mol. The Hall–Kier alpha value is -2.12. The van der Waals surface area contributed by atoms with Gasteiger partial charge in [-0.05, 0) is 48.2 Å². The highest BCUT2D eigenvalue weighted by Gasteiger charge is 2.04. The summed E-state index contributed by atoms with van der Waals surface area (Å²) in [4.78, 5) is 0. The Morgan fingerprint density at radius 2 is 1.50 bits per heavy atom. The minimum Gasteiger partial charge on any atom is -0.314 e. The van der Waals surface area contributed by atoms with Crippen LogP contribution < -0.4 is 5.32 Å². The normalized spacial score (nSPS) is 12.4. The molecule has 3 rings (SSSR count). The van der Waals surface area contributed by atoms with E-state index in [1.54, 1.807) is 0 Å². The minimum atomic E-state index is 0.491. The predicted octanol–water partition coefficient (Wildman–Crippen LogP) is 4.60. The van der Waals surface area contributed by atoms with Gasteiger partial charge in [0.05, 0.1) is 0 Å². The van der Waals surface area contributed by atoms with Gasteiger partial charge < -0.3 is 5.32 Å². The first-order valence-corrected chi connectivity index (χ1v) is 8.06. The molecule has 0 amide bonds. The van der Waals surface area contributed by atoms with Crippen molar-refractivity contribution in [3.05, 3.63) is 83.9 Å². The van der Waals surface area contributed by atoms with E-state index in [0.717, 1.165) is 19.4 Å². The molecule has 0 bridgehead atoms. The number of rotatable bonds is 6. The molecule has 0 heterocycles. The molecule has 0 spiro atoms. The number of benzene rings is 3. The maximum Gasteiger partial charge on any atom is 0.00792 e. The summed E-state index contributed by atoms with van der Waals surface area (Å²) in [6.07, 6.45) is 2.16. The molecule has 22 heavy (non-hydrogen) atoms. The molecule has 0 radical (unpaired) electrons. The van der Waals surface area contributed by atoms with Crippen LogP contribution in [0.25, 0.3) is 10.8 Å². The molecule has 1 N–H and O–H groups in total. The standard InChI is InChI=1S/C21H23N/c1-17(22-14-13-18-7-3-2-4-8-18)15-19-11-12-20-9-5-6-10-21(20)16-19/h2-12,16-17,22H,13-15H2,1H3. The fourth-order valence-electron chi connectivity index (χ4n) is 2.90. The average Bonchev–Trinajstić information content (AvgIpc) is 2.56. The Kier molecular flexibility index (Phi) is 4.87. The van der Waals surface area contributed by atoms with E-state index in [1.807, 2.05) is 0 Å². The summed E-state index contributed by atoms with van der Waals surface area (Å²) in [5.41, 5.74) is 2.80. The van der Waals surface area contributed by atoms with Gasteiger partial charge in [-0.1, -0.05) is 72.8 Å². The molecule has 1 nitrogen and oxygen atoms in total. The van der Waals surface area contributed by atoms with Crippen LogP contribution in [-0.2, 0) is 12.8 Å². The second-order valence-electron chi connectivity index (χ2n) is 5.98.